The number of benzene rings is 2. The van der Waals surface area contributed by atoms with E-state index in [4.69, 9.17) is 19.4 Å². The maximum atomic E-state index is 12.0. The number of aromatic nitrogens is 6. The molecule has 1 unspecified atom stereocenters. The minimum Gasteiger partial charge on any atom is -0.493 e. The number of fused-ring (bicyclic) bond motifs is 1. The van der Waals surface area contributed by atoms with Gasteiger partial charge in [-0.25, -0.2) is 9.48 Å². The Kier molecular flexibility index (Phi) is 8.38. The second-order valence-corrected chi connectivity index (χ2v) is 8.97. The summed E-state index contributed by atoms with van der Waals surface area (Å²) in [6.07, 6.45) is -3.15. The van der Waals surface area contributed by atoms with Gasteiger partial charge < -0.3 is 14.6 Å². The predicted octanol–water partition coefficient (Wildman–Crippen LogP) is 3.45. The number of ether oxygens (including phenoxy) is 2. The Hall–Kier alpha value is -4.45. The summed E-state index contributed by atoms with van der Waals surface area (Å²) < 4.78 is 52.7. The lowest BCUT2D eigenvalue weighted by Gasteiger charge is -2.20. The SMILES string of the molecule is COc1cc(C(NCc2ccc3nsnc3c2)c2nnnn2C2CC2)c([N+](=O)[O-])cc1OC.O=C(O)C(F)(F)F. The Balaban J connectivity index is 0.000000470. The number of alkyl halides is 3. The molecule has 2 heterocycles. The van der Waals surface area contributed by atoms with Gasteiger partial charge >= 0.3 is 12.1 Å². The normalized spacial score (nSPS) is 13.8. The van der Waals surface area contributed by atoms with E-state index in [1.165, 1.54) is 20.3 Å². The molecular weight excluding hydrogens is 561 g/mol. The topological polar surface area (TPSA) is 180 Å². The molecule has 0 bridgehead atoms. The fourth-order valence-electron chi connectivity index (χ4n) is 3.74. The van der Waals surface area contributed by atoms with Crippen LogP contribution in [-0.2, 0) is 11.3 Å². The van der Waals surface area contributed by atoms with Crippen molar-refractivity contribution in [3.8, 4) is 11.5 Å². The second-order valence-electron chi connectivity index (χ2n) is 8.44. The quantitative estimate of drug-likeness (QED) is 0.217. The van der Waals surface area contributed by atoms with Gasteiger partial charge in [0.25, 0.3) is 5.69 Å². The molecule has 0 radical (unpaired) electrons. The number of nitrogens with zero attached hydrogens (tertiary/aromatic N) is 7. The van der Waals surface area contributed by atoms with E-state index in [1.54, 1.807) is 10.7 Å². The molecule has 14 nitrogen and oxygen atoms in total. The standard InChI is InChI=1S/C20H20N8O4S.C2HF3O2/c1-31-17-8-13(16(28(29)30)9-18(17)32-2)19(20-22-25-26-27(20)12-4-5-12)21-10-11-3-6-14-15(7-11)24-33-23-14;3-2(4,5)1(6)7/h3,6-9,12,19,21H,4-5,10H2,1-2H3;(H,6,7). The highest BCUT2D eigenvalue weighted by Gasteiger charge is 2.38. The maximum Gasteiger partial charge on any atom is 0.490 e. The van der Waals surface area contributed by atoms with Crippen molar-refractivity contribution in [1.29, 1.82) is 0 Å². The van der Waals surface area contributed by atoms with Crippen molar-refractivity contribution in [2.45, 2.75) is 37.6 Å². The van der Waals surface area contributed by atoms with Crippen LogP contribution in [-0.4, -0.2) is 65.3 Å². The minimum absolute atomic E-state index is 0.116. The average molecular weight is 583 g/mol. The molecule has 0 amide bonds. The van der Waals surface area contributed by atoms with Crippen molar-refractivity contribution in [3.63, 3.8) is 0 Å². The molecule has 0 saturated heterocycles. The highest BCUT2D eigenvalue weighted by molar-refractivity contribution is 7.00. The van der Waals surface area contributed by atoms with Gasteiger partial charge in [-0.2, -0.15) is 21.9 Å². The number of tetrazole rings is 1. The Labute approximate surface area is 227 Å². The van der Waals surface area contributed by atoms with Crippen LogP contribution in [0.1, 0.15) is 41.9 Å². The molecule has 1 aliphatic carbocycles. The van der Waals surface area contributed by atoms with Gasteiger partial charge in [-0.1, -0.05) is 6.07 Å². The van der Waals surface area contributed by atoms with Crippen LogP contribution in [0.3, 0.4) is 0 Å². The number of carboxylic acid groups (broad SMARTS) is 1. The first kappa shape index (κ1) is 28.6. The van der Waals surface area contributed by atoms with Gasteiger partial charge in [-0.3, -0.25) is 15.4 Å². The van der Waals surface area contributed by atoms with E-state index in [0.29, 0.717) is 23.7 Å². The molecule has 2 aromatic carbocycles. The predicted molar refractivity (Wildman–Crippen MR) is 132 cm³/mol. The van der Waals surface area contributed by atoms with Crippen molar-refractivity contribution in [1.82, 2.24) is 34.3 Å². The number of nitrogens with one attached hydrogen (secondary N) is 1. The molecule has 2 aromatic heterocycles. The number of nitro benzene ring substituents is 1. The zero-order valence-electron chi connectivity index (χ0n) is 20.8. The van der Waals surface area contributed by atoms with Crippen molar-refractivity contribution >= 4 is 34.4 Å². The zero-order chi connectivity index (χ0) is 29.0. The van der Waals surface area contributed by atoms with Crippen LogP contribution in [0.15, 0.2) is 30.3 Å². The number of carboxylic acids is 1. The van der Waals surface area contributed by atoms with Gasteiger partial charge in [-0.05, 0) is 47.0 Å². The number of rotatable bonds is 9. The number of hydrogen-bond acceptors (Lipinski definition) is 12. The summed E-state index contributed by atoms with van der Waals surface area (Å²) in [6, 6.07) is 8.28. The summed E-state index contributed by atoms with van der Waals surface area (Å²) in [5.74, 6) is -1.60. The molecule has 1 saturated carbocycles. The molecule has 1 fully saturated rings. The zero-order valence-corrected chi connectivity index (χ0v) is 21.6. The van der Waals surface area contributed by atoms with E-state index < -0.39 is 23.1 Å². The van der Waals surface area contributed by atoms with Crippen LogP contribution in [0.25, 0.3) is 11.0 Å². The van der Waals surface area contributed by atoms with E-state index in [1.807, 2.05) is 18.2 Å². The van der Waals surface area contributed by atoms with Crippen molar-refractivity contribution < 1.29 is 37.5 Å². The second kappa shape index (κ2) is 11.7. The summed E-state index contributed by atoms with van der Waals surface area (Å²) >= 11 is 1.15. The third-order valence-electron chi connectivity index (χ3n) is 5.78. The number of nitro groups is 1. The van der Waals surface area contributed by atoms with Gasteiger partial charge in [-0.15, -0.1) is 5.10 Å². The lowest BCUT2D eigenvalue weighted by molar-refractivity contribution is -0.385. The van der Waals surface area contributed by atoms with Crippen LogP contribution in [0, 0.1) is 10.1 Å². The van der Waals surface area contributed by atoms with Crippen LogP contribution in [0.2, 0.25) is 0 Å². The van der Waals surface area contributed by atoms with Crippen molar-refractivity contribution in [2.24, 2.45) is 0 Å². The van der Waals surface area contributed by atoms with Crippen molar-refractivity contribution in [3.05, 3.63) is 57.4 Å². The number of hydrogen-bond donors (Lipinski definition) is 2. The van der Waals surface area contributed by atoms with E-state index >= 15 is 0 Å². The van der Waals surface area contributed by atoms with Crippen molar-refractivity contribution in [2.75, 3.05) is 14.2 Å². The van der Waals surface area contributed by atoms with Gasteiger partial charge in [0.1, 0.15) is 17.1 Å². The lowest BCUT2D eigenvalue weighted by atomic mass is 10.0. The molecule has 1 aliphatic rings. The number of carbonyl (C=O) groups is 1. The van der Waals surface area contributed by atoms with E-state index in [9.17, 15) is 23.3 Å². The third kappa shape index (κ3) is 6.40. The van der Waals surface area contributed by atoms with E-state index in [0.717, 1.165) is 41.2 Å². The minimum atomic E-state index is -5.08. The van der Waals surface area contributed by atoms with Crippen LogP contribution in [0.4, 0.5) is 18.9 Å². The maximum absolute atomic E-state index is 12.0. The average Bonchev–Trinajstić information content (AvgIpc) is 3.45. The molecule has 4 aromatic rings. The van der Waals surface area contributed by atoms with Crippen LogP contribution in [0.5, 0.6) is 11.5 Å². The molecule has 0 aliphatic heterocycles. The molecule has 40 heavy (non-hydrogen) atoms. The Morgan fingerprint density at radius 1 is 1.20 bits per heavy atom. The third-order valence-corrected chi connectivity index (χ3v) is 6.34. The largest absolute Gasteiger partial charge is 0.493 e. The Bertz CT molecular complexity index is 1520. The molecule has 18 heteroatoms. The van der Waals surface area contributed by atoms with Gasteiger partial charge in [0, 0.05) is 6.54 Å². The molecule has 1 atom stereocenters. The summed E-state index contributed by atoms with van der Waals surface area (Å²) in [4.78, 5) is 20.5. The summed E-state index contributed by atoms with van der Waals surface area (Å²) in [5.41, 5.74) is 2.85. The highest BCUT2D eigenvalue weighted by atomic mass is 32.1. The van der Waals surface area contributed by atoms with E-state index in [2.05, 4.69) is 29.6 Å². The first-order valence-corrected chi connectivity index (χ1v) is 12.2. The fraction of sp³-hybridized carbons (Fsp3) is 0.364. The number of methoxy groups -OCH3 is 2. The monoisotopic (exact) mass is 582 g/mol. The Morgan fingerprint density at radius 2 is 1.85 bits per heavy atom. The first-order valence-electron chi connectivity index (χ1n) is 11.5. The summed E-state index contributed by atoms with van der Waals surface area (Å²) in [7, 11) is 2.93. The van der Waals surface area contributed by atoms with E-state index in [-0.39, 0.29) is 17.5 Å². The molecule has 0 spiro atoms. The number of aliphatic carboxylic acids is 1. The molecule has 2 N–H and O–H groups in total. The molecule has 5 rings (SSSR count). The smallest absolute Gasteiger partial charge is 0.490 e. The highest BCUT2D eigenvalue weighted by Crippen LogP contribution is 2.41. The molecule has 212 valence electrons. The van der Waals surface area contributed by atoms with Crippen LogP contribution < -0.4 is 14.8 Å². The summed E-state index contributed by atoms with van der Waals surface area (Å²) in [6.45, 7) is 0.404. The van der Waals surface area contributed by atoms with Crippen LogP contribution >= 0.6 is 11.7 Å². The lowest BCUT2D eigenvalue weighted by Crippen LogP contribution is -2.26. The fourth-order valence-corrected chi connectivity index (χ4v) is 4.26. The first-order chi connectivity index (χ1) is 19.0. The molecular formula is C22H21F3N8O6S. The van der Waals surface area contributed by atoms with Gasteiger partial charge in [0.05, 0.1) is 48.5 Å². The van der Waals surface area contributed by atoms with Gasteiger partial charge in [0.15, 0.2) is 17.3 Å². The Morgan fingerprint density at radius 3 is 2.45 bits per heavy atom. The number of halogens is 3. The van der Waals surface area contributed by atoms with Gasteiger partial charge in [0.2, 0.25) is 0 Å². The summed E-state index contributed by atoms with van der Waals surface area (Å²) in [5, 5.41) is 34.7.